The molecule has 0 fully saturated rings. The van der Waals surface area contributed by atoms with Crippen molar-refractivity contribution in [2.24, 2.45) is 5.92 Å². The van der Waals surface area contributed by atoms with Crippen LogP contribution in [0.15, 0.2) is 42.5 Å². The second-order valence-corrected chi connectivity index (χ2v) is 7.03. The summed E-state index contributed by atoms with van der Waals surface area (Å²) in [5.74, 6) is 1.18. The van der Waals surface area contributed by atoms with Crippen molar-refractivity contribution in [2.75, 3.05) is 13.4 Å². The highest BCUT2D eigenvalue weighted by Gasteiger charge is 2.26. The lowest BCUT2D eigenvalue weighted by molar-refractivity contribution is -0.124. The third-order valence-electron chi connectivity index (χ3n) is 4.57. The second-order valence-electron chi connectivity index (χ2n) is 7.03. The number of para-hydroxylation sites is 1. The van der Waals surface area contributed by atoms with E-state index in [9.17, 15) is 9.59 Å². The predicted octanol–water partition coefficient (Wildman–Crippen LogP) is 2.88. The Labute approximate surface area is 170 Å². The molecule has 0 bridgehead atoms. The number of amides is 2. The van der Waals surface area contributed by atoms with Gasteiger partial charge < -0.3 is 24.8 Å². The van der Waals surface area contributed by atoms with Crippen LogP contribution in [0.4, 0.5) is 0 Å². The Kier molecular flexibility index (Phi) is 6.59. The molecule has 2 N–H and O–H groups in total. The molecule has 2 aromatic carbocycles. The van der Waals surface area contributed by atoms with E-state index < -0.39 is 6.04 Å². The van der Waals surface area contributed by atoms with Crippen LogP contribution in [-0.4, -0.2) is 31.3 Å². The smallest absolute Gasteiger partial charge is 0.255 e. The molecule has 0 spiro atoms. The Morgan fingerprint density at radius 2 is 1.86 bits per heavy atom. The maximum Gasteiger partial charge on any atom is 0.255 e. The molecule has 154 valence electrons. The van der Waals surface area contributed by atoms with Crippen molar-refractivity contribution in [2.45, 2.75) is 33.4 Å². The minimum absolute atomic E-state index is 0.0880. The molecule has 29 heavy (non-hydrogen) atoms. The molecule has 0 radical (unpaired) electrons. The van der Waals surface area contributed by atoms with Crippen LogP contribution in [0.5, 0.6) is 17.2 Å². The molecule has 1 atom stereocenters. The lowest BCUT2D eigenvalue weighted by Gasteiger charge is -2.22. The molecule has 1 aliphatic heterocycles. The molecule has 1 aliphatic rings. The summed E-state index contributed by atoms with van der Waals surface area (Å²) in [5, 5.41) is 5.72. The molecule has 2 amide bonds. The van der Waals surface area contributed by atoms with Crippen LogP contribution in [0.2, 0.25) is 0 Å². The Bertz CT molecular complexity index is 881. The largest absolute Gasteiger partial charge is 0.493 e. The fraction of sp³-hybridized carbons (Fsp3) is 0.364. The molecule has 0 aromatic heterocycles. The van der Waals surface area contributed by atoms with Gasteiger partial charge in [0.2, 0.25) is 12.7 Å². The second kappa shape index (κ2) is 9.32. The van der Waals surface area contributed by atoms with E-state index in [1.807, 2.05) is 39.0 Å². The van der Waals surface area contributed by atoms with Crippen LogP contribution in [0, 0.1) is 5.92 Å². The number of nitrogens with one attached hydrogen (secondary N) is 2. The molecule has 7 nitrogen and oxygen atoms in total. The molecule has 0 saturated carbocycles. The average molecular weight is 398 g/mol. The van der Waals surface area contributed by atoms with E-state index in [4.69, 9.17) is 14.2 Å². The van der Waals surface area contributed by atoms with Gasteiger partial charge in [0.15, 0.2) is 11.5 Å². The SMILES string of the molecule is CCOc1ccccc1C(=O)N[C@@H](C(=O)NCc1ccc2c(c1)OCO2)C(C)C. The Morgan fingerprint density at radius 1 is 1.10 bits per heavy atom. The van der Waals surface area contributed by atoms with Crippen LogP contribution >= 0.6 is 0 Å². The number of carbonyl (C=O) groups excluding carboxylic acids is 2. The molecular weight excluding hydrogens is 372 g/mol. The lowest BCUT2D eigenvalue weighted by Crippen LogP contribution is -2.49. The first kappa shape index (κ1) is 20.5. The maximum atomic E-state index is 12.8. The highest BCUT2D eigenvalue weighted by Crippen LogP contribution is 2.32. The molecular formula is C22H26N2O5. The summed E-state index contributed by atoms with van der Waals surface area (Å²) in [6.07, 6.45) is 0. The molecule has 3 rings (SSSR count). The van der Waals surface area contributed by atoms with Gasteiger partial charge in [-0.05, 0) is 42.7 Å². The fourth-order valence-corrected chi connectivity index (χ4v) is 3.04. The van der Waals surface area contributed by atoms with Crippen LogP contribution < -0.4 is 24.8 Å². The molecule has 0 unspecified atom stereocenters. The van der Waals surface area contributed by atoms with Gasteiger partial charge in [-0.3, -0.25) is 9.59 Å². The van der Waals surface area contributed by atoms with Gasteiger partial charge in [0.25, 0.3) is 5.91 Å². The van der Waals surface area contributed by atoms with Gasteiger partial charge in [0.05, 0.1) is 12.2 Å². The maximum absolute atomic E-state index is 12.8. The molecule has 7 heteroatoms. The summed E-state index contributed by atoms with van der Waals surface area (Å²) in [6.45, 7) is 6.61. The van der Waals surface area contributed by atoms with E-state index in [2.05, 4.69) is 10.6 Å². The highest BCUT2D eigenvalue weighted by molar-refractivity contribution is 5.99. The number of benzene rings is 2. The summed E-state index contributed by atoms with van der Waals surface area (Å²) in [5.41, 5.74) is 1.29. The zero-order valence-corrected chi connectivity index (χ0v) is 16.9. The minimum atomic E-state index is -0.675. The standard InChI is InChI=1S/C22H26N2O5/c1-4-27-17-8-6-5-7-16(17)21(25)24-20(14(2)3)22(26)23-12-15-9-10-18-19(11-15)29-13-28-18/h5-11,14,20H,4,12-13H2,1-3H3,(H,23,26)(H,24,25)/t20-/m1/s1. The van der Waals surface area contributed by atoms with Crippen LogP contribution in [0.3, 0.4) is 0 Å². The van der Waals surface area contributed by atoms with Crippen molar-refractivity contribution < 1.29 is 23.8 Å². The van der Waals surface area contributed by atoms with Gasteiger partial charge in [-0.15, -0.1) is 0 Å². The van der Waals surface area contributed by atoms with Gasteiger partial charge in [-0.2, -0.15) is 0 Å². The zero-order chi connectivity index (χ0) is 20.8. The summed E-state index contributed by atoms with van der Waals surface area (Å²) in [7, 11) is 0. The van der Waals surface area contributed by atoms with E-state index in [1.165, 1.54) is 0 Å². The summed E-state index contributed by atoms with van der Waals surface area (Å²) >= 11 is 0. The number of rotatable bonds is 8. The lowest BCUT2D eigenvalue weighted by atomic mass is 10.0. The Hall–Kier alpha value is -3.22. The monoisotopic (exact) mass is 398 g/mol. The van der Waals surface area contributed by atoms with E-state index in [-0.39, 0.29) is 24.5 Å². The van der Waals surface area contributed by atoms with Crippen molar-refractivity contribution in [1.82, 2.24) is 10.6 Å². The summed E-state index contributed by atoms with van der Waals surface area (Å²) < 4.78 is 16.2. The zero-order valence-electron chi connectivity index (χ0n) is 16.9. The van der Waals surface area contributed by atoms with Crippen LogP contribution in [0.25, 0.3) is 0 Å². The Balaban J connectivity index is 1.64. The third kappa shape index (κ3) is 4.99. The number of carbonyl (C=O) groups is 2. The van der Waals surface area contributed by atoms with E-state index in [0.717, 1.165) is 5.56 Å². The van der Waals surface area contributed by atoms with Crippen molar-refractivity contribution in [3.63, 3.8) is 0 Å². The molecule has 2 aromatic rings. The number of hydrogen-bond donors (Lipinski definition) is 2. The quantitative estimate of drug-likeness (QED) is 0.714. The average Bonchev–Trinajstić information content (AvgIpc) is 3.18. The van der Waals surface area contributed by atoms with E-state index in [0.29, 0.717) is 36.0 Å². The molecule has 1 heterocycles. The van der Waals surface area contributed by atoms with E-state index >= 15 is 0 Å². The number of fused-ring (bicyclic) bond motifs is 1. The van der Waals surface area contributed by atoms with Gasteiger partial charge >= 0.3 is 0 Å². The molecule has 0 aliphatic carbocycles. The first-order valence-electron chi connectivity index (χ1n) is 9.68. The predicted molar refractivity (Wildman–Crippen MR) is 108 cm³/mol. The number of hydrogen-bond acceptors (Lipinski definition) is 5. The van der Waals surface area contributed by atoms with Crippen molar-refractivity contribution >= 4 is 11.8 Å². The fourth-order valence-electron chi connectivity index (χ4n) is 3.04. The first-order valence-corrected chi connectivity index (χ1v) is 9.68. The molecule has 0 saturated heterocycles. The number of ether oxygens (including phenoxy) is 3. The third-order valence-corrected chi connectivity index (χ3v) is 4.57. The van der Waals surface area contributed by atoms with Crippen molar-refractivity contribution in [3.05, 3.63) is 53.6 Å². The van der Waals surface area contributed by atoms with Crippen molar-refractivity contribution in [3.8, 4) is 17.2 Å². The van der Waals surface area contributed by atoms with Gasteiger partial charge in [-0.25, -0.2) is 0 Å². The van der Waals surface area contributed by atoms with Crippen LogP contribution in [0.1, 0.15) is 36.7 Å². The van der Waals surface area contributed by atoms with Crippen LogP contribution in [-0.2, 0) is 11.3 Å². The Morgan fingerprint density at radius 3 is 2.62 bits per heavy atom. The van der Waals surface area contributed by atoms with E-state index in [1.54, 1.807) is 24.3 Å². The van der Waals surface area contributed by atoms with Gasteiger partial charge in [0.1, 0.15) is 11.8 Å². The van der Waals surface area contributed by atoms with Gasteiger partial charge in [0, 0.05) is 6.54 Å². The summed E-state index contributed by atoms with van der Waals surface area (Å²) in [4.78, 5) is 25.5. The topological polar surface area (TPSA) is 85.9 Å². The first-order chi connectivity index (χ1) is 14.0. The van der Waals surface area contributed by atoms with Crippen molar-refractivity contribution in [1.29, 1.82) is 0 Å². The highest BCUT2D eigenvalue weighted by atomic mass is 16.7. The normalized spacial score (nSPS) is 13.1. The van der Waals surface area contributed by atoms with Gasteiger partial charge in [-0.1, -0.05) is 32.0 Å². The minimum Gasteiger partial charge on any atom is -0.493 e. The summed E-state index contributed by atoms with van der Waals surface area (Å²) in [6, 6.07) is 11.8.